The lowest BCUT2D eigenvalue weighted by atomic mass is 10.0. The number of likely N-dealkylation sites (tertiary alicyclic amines) is 1. The largest absolute Gasteiger partial charge is 0.480 e. The van der Waals surface area contributed by atoms with Gasteiger partial charge in [-0.15, -0.1) is 0 Å². The fourth-order valence-corrected chi connectivity index (χ4v) is 8.72. The summed E-state index contributed by atoms with van der Waals surface area (Å²) in [5.41, 5.74) is 9.71. The average Bonchev–Trinajstić information content (AvgIpc) is 3.92. The number of hydrogen-bond donors (Lipinski definition) is 6. The highest BCUT2D eigenvalue weighted by molar-refractivity contribution is 6.74. The van der Waals surface area contributed by atoms with E-state index in [9.17, 15) is 29.1 Å². The van der Waals surface area contributed by atoms with E-state index in [1.807, 2.05) is 55.5 Å². The van der Waals surface area contributed by atoms with Gasteiger partial charge in [0.05, 0.1) is 6.04 Å². The number of hydrogen-bond acceptors (Lipinski definition) is 7. The number of carbonyl (C=O) groups is 5. The smallest absolute Gasteiger partial charge is 0.326 e. The highest BCUT2D eigenvalue weighted by atomic mass is 28.4. The van der Waals surface area contributed by atoms with Gasteiger partial charge in [-0.25, -0.2) is 4.79 Å². The van der Waals surface area contributed by atoms with Crippen molar-refractivity contribution in [3.05, 3.63) is 72.1 Å². The Bertz CT molecular complexity index is 2050. The maximum absolute atomic E-state index is 14.3. The summed E-state index contributed by atoms with van der Waals surface area (Å²) in [4.78, 5) is 74.9. The number of amides is 3. The summed E-state index contributed by atoms with van der Waals surface area (Å²) < 4.78 is 6.26. The van der Waals surface area contributed by atoms with E-state index in [1.54, 1.807) is 12.4 Å². The molecular weight excluding hydrogens is 741 g/mol. The van der Waals surface area contributed by atoms with Crippen LogP contribution in [0.15, 0.2) is 60.9 Å². The van der Waals surface area contributed by atoms with E-state index >= 15 is 0 Å². The number of carboxylic acids is 1. The Morgan fingerprint density at radius 2 is 1.44 bits per heavy atom. The Morgan fingerprint density at radius 1 is 0.877 bits per heavy atom. The summed E-state index contributed by atoms with van der Waals surface area (Å²) in [6.45, 7) is 12.8. The number of fused-ring (bicyclic) bond motifs is 2. The molecule has 0 saturated carbocycles. The van der Waals surface area contributed by atoms with Gasteiger partial charge in [0, 0.05) is 60.0 Å². The van der Waals surface area contributed by atoms with Crippen molar-refractivity contribution in [2.45, 2.75) is 134 Å². The highest BCUT2D eigenvalue weighted by Gasteiger charge is 2.40. The molecule has 1 fully saturated rings. The van der Waals surface area contributed by atoms with E-state index in [1.165, 1.54) is 4.90 Å². The van der Waals surface area contributed by atoms with Crippen molar-refractivity contribution in [3.63, 3.8) is 0 Å². The summed E-state index contributed by atoms with van der Waals surface area (Å²) in [5.74, 6) is -2.61. The predicted octanol–water partition coefficient (Wildman–Crippen LogP) is 5.74. The van der Waals surface area contributed by atoms with Crippen LogP contribution >= 0.6 is 0 Å². The van der Waals surface area contributed by atoms with Crippen LogP contribution < -0.4 is 16.4 Å². The van der Waals surface area contributed by atoms with Gasteiger partial charge in [0.15, 0.2) is 14.1 Å². The van der Waals surface area contributed by atoms with Crippen LogP contribution in [-0.4, -0.2) is 94.6 Å². The number of aromatic amines is 2. The summed E-state index contributed by atoms with van der Waals surface area (Å²) in [6.07, 6.45) is 6.90. The van der Waals surface area contributed by atoms with Crippen LogP contribution in [0, 0.1) is 0 Å². The fraction of sp³-hybridized carbons (Fsp3) is 0.512. The molecule has 5 rings (SSSR count). The van der Waals surface area contributed by atoms with Crippen molar-refractivity contribution in [1.29, 1.82) is 0 Å². The minimum absolute atomic E-state index is 0.00358. The maximum atomic E-state index is 14.3. The quantitative estimate of drug-likeness (QED) is 0.0510. The molecule has 0 bridgehead atoms. The molecule has 1 aliphatic rings. The summed E-state index contributed by atoms with van der Waals surface area (Å²) in [5, 5.41) is 17.5. The number of Topliss-reactive ketones (excluding diaryl/α,β-unsaturated/α-hetero) is 1. The number of unbranched alkanes of at least 4 members (excludes halogenated alkanes) is 2. The number of benzene rings is 2. The molecule has 0 unspecified atom stereocenters. The number of ketones is 1. The minimum Gasteiger partial charge on any atom is -0.480 e. The van der Waals surface area contributed by atoms with Crippen molar-refractivity contribution in [1.82, 2.24) is 25.5 Å². The second-order valence-corrected chi connectivity index (χ2v) is 21.7. The zero-order chi connectivity index (χ0) is 41.5. The summed E-state index contributed by atoms with van der Waals surface area (Å²) in [6, 6.07) is 11.1. The molecule has 0 spiro atoms. The van der Waals surface area contributed by atoms with Gasteiger partial charge in [-0.05, 0) is 74.0 Å². The number of nitrogens with two attached hydrogens (primary N) is 1. The van der Waals surface area contributed by atoms with Gasteiger partial charge in [-0.2, -0.15) is 0 Å². The Kier molecular flexibility index (Phi) is 14.2. The third kappa shape index (κ3) is 10.8. The molecule has 3 heterocycles. The highest BCUT2D eigenvalue weighted by Crippen LogP contribution is 2.37. The Labute approximate surface area is 336 Å². The third-order valence-electron chi connectivity index (χ3n) is 11.8. The first-order valence-electron chi connectivity index (χ1n) is 20.2. The molecule has 57 heavy (non-hydrogen) atoms. The zero-order valence-corrected chi connectivity index (χ0v) is 35.2. The van der Waals surface area contributed by atoms with Crippen molar-refractivity contribution in [2.24, 2.45) is 5.73 Å². The van der Waals surface area contributed by atoms with Crippen LogP contribution in [0.1, 0.15) is 83.8 Å². The molecule has 2 aromatic carbocycles. The van der Waals surface area contributed by atoms with E-state index in [-0.39, 0.29) is 30.2 Å². The predicted molar refractivity (Wildman–Crippen MR) is 224 cm³/mol. The molecule has 4 aromatic rings. The first-order chi connectivity index (χ1) is 27.0. The van der Waals surface area contributed by atoms with Crippen LogP contribution in [0.4, 0.5) is 0 Å². The number of aliphatic carboxylic acids is 1. The van der Waals surface area contributed by atoms with Gasteiger partial charge in [0.1, 0.15) is 24.2 Å². The van der Waals surface area contributed by atoms with Crippen LogP contribution in [0.5, 0.6) is 0 Å². The SMILES string of the molecule is C[C@@H](O[Si](C)(C)C(C)(C)C)C(=O)CCCCC[C@H](N)C(=O)N[C@@H](Cc1c[nH]c2ccccc12)C(=O)N[C@@H](Cc1c[nH]c2ccccc12)C(=O)N1CCC[C@@H]1C(=O)O. The van der Waals surface area contributed by atoms with Gasteiger partial charge in [-0.3, -0.25) is 19.2 Å². The molecule has 14 heteroatoms. The Hall–Kier alpha value is -4.79. The van der Waals surface area contributed by atoms with Crippen molar-refractivity contribution < 1.29 is 33.5 Å². The molecular formula is C43H60N6O7Si. The number of nitrogens with one attached hydrogen (secondary N) is 4. The summed E-state index contributed by atoms with van der Waals surface area (Å²) >= 11 is 0. The Balaban J connectivity index is 1.27. The number of carboxylic acid groups (broad SMARTS) is 1. The van der Waals surface area contributed by atoms with E-state index < -0.39 is 62.3 Å². The van der Waals surface area contributed by atoms with Crippen LogP contribution in [0.2, 0.25) is 18.1 Å². The topological polar surface area (TPSA) is 200 Å². The molecule has 308 valence electrons. The van der Waals surface area contributed by atoms with Gasteiger partial charge >= 0.3 is 5.97 Å². The lowest BCUT2D eigenvalue weighted by Gasteiger charge is -2.38. The molecule has 0 aliphatic carbocycles. The number of carbonyl (C=O) groups excluding carboxylic acids is 4. The fourth-order valence-electron chi connectivity index (χ4n) is 7.35. The van der Waals surface area contributed by atoms with Crippen LogP contribution in [0.3, 0.4) is 0 Å². The van der Waals surface area contributed by atoms with E-state index in [0.29, 0.717) is 44.9 Å². The molecule has 13 nitrogen and oxygen atoms in total. The molecule has 7 N–H and O–H groups in total. The van der Waals surface area contributed by atoms with Crippen LogP contribution in [-0.2, 0) is 41.2 Å². The Morgan fingerprint density at radius 3 is 2.02 bits per heavy atom. The third-order valence-corrected chi connectivity index (χ3v) is 16.3. The van der Waals surface area contributed by atoms with E-state index in [0.717, 1.165) is 32.9 Å². The monoisotopic (exact) mass is 800 g/mol. The van der Waals surface area contributed by atoms with Crippen molar-refractivity contribution >= 4 is 59.6 Å². The number of aromatic nitrogens is 2. The molecule has 1 aliphatic heterocycles. The molecule has 5 atom stereocenters. The van der Waals surface area contributed by atoms with E-state index in [4.69, 9.17) is 10.2 Å². The second kappa shape index (κ2) is 18.6. The molecule has 2 aromatic heterocycles. The van der Waals surface area contributed by atoms with Gasteiger partial charge < -0.3 is 40.8 Å². The van der Waals surface area contributed by atoms with Gasteiger partial charge in [0.25, 0.3) is 0 Å². The average molecular weight is 801 g/mol. The number of nitrogens with zero attached hydrogens (tertiary/aromatic N) is 1. The molecule has 1 saturated heterocycles. The first-order valence-corrected chi connectivity index (χ1v) is 23.1. The number of rotatable bonds is 19. The number of para-hydroxylation sites is 2. The summed E-state index contributed by atoms with van der Waals surface area (Å²) in [7, 11) is -2.08. The van der Waals surface area contributed by atoms with Gasteiger partial charge in [0.2, 0.25) is 17.7 Å². The molecule has 3 amide bonds. The van der Waals surface area contributed by atoms with Crippen molar-refractivity contribution in [2.75, 3.05) is 6.54 Å². The van der Waals surface area contributed by atoms with E-state index in [2.05, 4.69) is 54.5 Å². The maximum Gasteiger partial charge on any atom is 0.326 e. The second-order valence-electron chi connectivity index (χ2n) is 17.0. The van der Waals surface area contributed by atoms with Crippen molar-refractivity contribution in [3.8, 4) is 0 Å². The normalized spacial score (nSPS) is 17.0. The lowest BCUT2D eigenvalue weighted by molar-refractivity contribution is -0.149. The standard InChI is InChI=1S/C43H60N6O7Si/c1-27(56-57(5,6)43(2,3)4)38(50)21-9-7-8-17-32(44)39(51)47-35(23-28-25-45-33-18-12-10-15-30(28)33)40(52)48-36(41(53)49-22-14-20-37(49)42(54)55)24-29-26-46-34-19-13-11-16-31(29)34/h10-13,15-16,18-19,25-27,32,35-37,45-46H,7-9,14,17,20-24,44H2,1-6H3,(H,47,51)(H,48,52)(H,54,55)/t27-,32+,35+,36+,37-/m1/s1. The zero-order valence-electron chi connectivity index (χ0n) is 34.2. The first kappa shape index (κ1) is 43.3. The van der Waals surface area contributed by atoms with Gasteiger partial charge in [-0.1, -0.05) is 70.0 Å². The lowest BCUT2D eigenvalue weighted by Crippen LogP contribution is -2.58. The van der Waals surface area contributed by atoms with Crippen LogP contribution in [0.25, 0.3) is 21.8 Å². The minimum atomic E-state index is -2.08. The molecule has 0 radical (unpaired) electrons. The number of H-pyrrole nitrogens is 2.